The van der Waals surface area contributed by atoms with E-state index in [0.29, 0.717) is 39.8 Å². The first-order chi connectivity index (χ1) is 18.6. The zero-order chi connectivity index (χ0) is 25.9. The van der Waals surface area contributed by atoms with Gasteiger partial charge in [0.15, 0.2) is 4.83 Å². The van der Waals surface area contributed by atoms with E-state index in [0.717, 1.165) is 83.7 Å². The van der Waals surface area contributed by atoms with E-state index in [4.69, 9.17) is 14.5 Å². The summed E-state index contributed by atoms with van der Waals surface area (Å²) in [5, 5.41) is 21.6. The fourth-order valence-electron chi connectivity index (χ4n) is 5.74. The molecule has 2 saturated heterocycles. The van der Waals surface area contributed by atoms with Crippen LogP contribution in [0.5, 0.6) is 0 Å². The standard InChI is InChI=1S/C25H34N8O4S/c34-21(35)13-20-22-23(27-16-1-3-18(4-2-16)32-7-11-37-12-8-32)29-25(30-24(22)38-31-20)28-17-14-26-33(15-17)19-5-9-36-10-6-19/h14-16,18-19H,1-13H2,(H,34,35)(H2,27,28,29,30). The van der Waals surface area contributed by atoms with E-state index in [2.05, 4.69) is 30.0 Å². The second-order valence-corrected chi connectivity index (χ2v) is 11.0. The summed E-state index contributed by atoms with van der Waals surface area (Å²) in [6, 6.07) is 1.18. The highest BCUT2D eigenvalue weighted by atomic mass is 32.1. The number of fused-ring (bicyclic) bond motifs is 1. The molecule has 6 rings (SSSR count). The molecule has 3 aliphatic rings. The summed E-state index contributed by atoms with van der Waals surface area (Å²) in [6.07, 6.45) is 9.78. The van der Waals surface area contributed by atoms with Gasteiger partial charge in [0.1, 0.15) is 5.82 Å². The van der Waals surface area contributed by atoms with Crippen LogP contribution in [-0.2, 0) is 20.7 Å². The largest absolute Gasteiger partial charge is 0.481 e. The monoisotopic (exact) mass is 542 g/mol. The molecule has 3 fully saturated rings. The normalized spacial score (nSPS) is 23.5. The number of aliphatic carboxylic acids is 1. The van der Waals surface area contributed by atoms with Gasteiger partial charge in [-0.15, -0.1) is 0 Å². The molecule has 0 unspecified atom stereocenters. The van der Waals surface area contributed by atoms with Crippen LogP contribution in [0.3, 0.4) is 0 Å². The first kappa shape index (κ1) is 25.4. The third-order valence-corrected chi connectivity index (χ3v) is 8.53. The Kier molecular flexibility index (Phi) is 7.68. The highest BCUT2D eigenvalue weighted by molar-refractivity contribution is 7.13. The Morgan fingerprint density at radius 3 is 2.55 bits per heavy atom. The van der Waals surface area contributed by atoms with Crippen molar-refractivity contribution in [2.24, 2.45) is 0 Å². The third-order valence-electron chi connectivity index (χ3n) is 7.75. The molecule has 3 aromatic rings. The van der Waals surface area contributed by atoms with Crippen LogP contribution >= 0.6 is 11.5 Å². The fraction of sp³-hybridized carbons (Fsp3) is 0.640. The molecule has 2 aliphatic heterocycles. The number of ether oxygens (including phenoxy) is 2. The average Bonchev–Trinajstić information content (AvgIpc) is 3.57. The van der Waals surface area contributed by atoms with Crippen LogP contribution in [0, 0.1) is 0 Å². The summed E-state index contributed by atoms with van der Waals surface area (Å²) in [4.78, 5) is 24.2. The molecule has 3 N–H and O–H groups in total. The molecule has 3 aromatic heterocycles. The van der Waals surface area contributed by atoms with Gasteiger partial charge in [-0.3, -0.25) is 14.4 Å². The predicted octanol–water partition coefficient (Wildman–Crippen LogP) is 3.06. The van der Waals surface area contributed by atoms with E-state index in [-0.39, 0.29) is 12.5 Å². The maximum absolute atomic E-state index is 11.5. The van der Waals surface area contributed by atoms with Gasteiger partial charge >= 0.3 is 5.97 Å². The first-order valence-electron chi connectivity index (χ1n) is 13.5. The highest BCUT2D eigenvalue weighted by Gasteiger charge is 2.28. The minimum Gasteiger partial charge on any atom is -0.481 e. The number of nitrogens with zero attached hydrogens (tertiary/aromatic N) is 6. The molecule has 0 radical (unpaired) electrons. The lowest BCUT2D eigenvalue weighted by Gasteiger charge is -2.39. The van der Waals surface area contributed by atoms with Gasteiger partial charge in [0, 0.05) is 44.6 Å². The maximum atomic E-state index is 11.5. The number of carboxylic acids is 1. The zero-order valence-electron chi connectivity index (χ0n) is 21.3. The Hall–Kier alpha value is -2.87. The predicted molar refractivity (Wildman–Crippen MR) is 143 cm³/mol. The molecule has 0 amide bonds. The Bertz CT molecular complexity index is 1250. The van der Waals surface area contributed by atoms with Crippen LogP contribution in [0.2, 0.25) is 0 Å². The van der Waals surface area contributed by atoms with Gasteiger partial charge in [-0.05, 0) is 50.1 Å². The minimum atomic E-state index is -0.920. The van der Waals surface area contributed by atoms with E-state index in [1.54, 1.807) is 6.20 Å². The van der Waals surface area contributed by atoms with Crippen molar-refractivity contribution in [1.29, 1.82) is 0 Å². The van der Waals surface area contributed by atoms with Crippen molar-refractivity contribution in [1.82, 2.24) is 29.0 Å². The second-order valence-electron chi connectivity index (χ2n) is 10.3. The fourth-order valence-corrected chi connectivity index (χ4v) is 6.52. The summed E-state index contributed by atoms with van der Waals surface area (Å²) >= 11 is 1.21. The van der Waals surface area contributed by atoms with Crippen molar-refractivity contribution in [2.75, 3.05) is 50.2 Å². The lowest BCUT2D eigenvalue weighted by atomic mass is 9.90. The van der Waals surface area contributed by atoms with Crippen molar-refractivity contribution >= 4 is 45.2 Å². The average molecular weight is 543 g/mol. The minimum absolute atomic E-state index is 0.160. The number of aromatic nitrogens is 5. The summed E-state index contributed by atoms with van der Waals surface area (Å²) < 4.78 is 17.4. The maximum Gasteiger partial charge on any atom is 0.309 e. The van der Waals surface area contributed by atoms with Crippen molar-refractivity contribution in [2.45, 2.75) is 63.1 Å². The number of morpholine rings is 1. The summed E-state index contributed by atoms with van der Waals surface area (Å²) in [5.41, 5.74) is 1.31. The number of nitrogens with one attached hydrogen (secondary N) is 2. The third kappa shape index (κ3) is 5.75. The molecule has 0 bridgehead atoms. The van der Waals surface area contributed by atoms with Gasteiger partial charge in [-0.25, -0.2) is 0 Å². The SMILES string of the molecule is O=C(O)Cc1nsc2nc(Nc3cnn(C4CCOCC4)c3)nc(NC3CCC(N4CCOCC4)CC3)c12. The molecule has 1 aliphatic carbocycles. The second kappa shape index (κ2) is 11.5. The van der Waals surface area contributed by atoms with Crippen molar-refractivity contribution in [3.63, 3.8) is 0 Å². The summed E-state index contributed by atoms with van der Waals surface area (Å²) in [7, 11) is 0. The molecule has 0 aromatic carbocycles. The van der Waals surface area contributed by atoms with Gasteiger partial charge in [0.05, 0.1) is 48.6 Å². The van der Waals surface area contributed by atoms with Crippen molar-refractivity contribution in [3.8, 4) is 0 Å². The van der Waals surface area contributed by atoms with Gasteiger partial charge in [0.2, 0.25) is 5.95 Å². The van der Waals surface area contributed by atoms with Gasteiger partial charge in [-0.2, -0.15) is 19.4 Å². The molecule has 13 heteroatoms. The Morgan fingerprint density at radius 1 is 1.03 bits per heavy atom. The number of anilines is 3. The van der Waals surface area contributed by atoms with Crippen LogP contribution in [0.1, 0.15) is 50.3 Å². The van der Waals surface area contributed by atoms with E-state index in [1.165, 1.54) is 11.5 Å². The van der Waals surface area contributed by atoms with E-state index in [9.17, 15) is 9.90 Å². The quantitative estimate of drug-likeness (QED) is 0.387. The van der Waals surface area contributed by atoms with Crippen molar-refractivity contribution < 1.29 is 19.4 Å². The van der Waals surface area contributed by atoms with E-state index in [1.807, 2.05) is 10.9 Å². The Morgan fingerprint density at radius 2 is 1.79 bits per heavy atom. The molecular formula is C25H34N8O4S. The van der Waals surface area contributed by atoms with Gasteiger partial charge in [0.25, 0.3) is 0 Å². The molecular weight excluding hydrogens is 508 g/mol. The van der Waals surface area contributed by atoms with Crippen molar-refractivity contribution in [3.05, 3.63) is 18.1 Å². The lowest BCUT2D eigenvalue weighted by molar-refractivity contribution is -0.136. The van der Waals surface area contributed by atoms with Gasteiger partial charge < -0.3 is 25.2 Å². The number of rotatable bonds is 8. The molecule has 0 spiro atoms. The molecule has 204 valence electrons. The van der Waals surface area contributed by atoms with Crippen LogP contribution in [0.25, 0.3) is 10.2 Å². The molecule has 12 nitrogen and oxygen atoms in total. The number of hydrogen-bond acceptors (Lipinski definition) is 11. The molecule has 0 atom stereocenters. The Balaban J connectivity index is 1.20. The van der Waals surface area contributed by atoms with Crippen LogP contribution < -0.4 is 10.6 Å². The molecule has 38 heavy (non-hydrogen) atoms. The van der Waals surface area contributed by atoms with Crippen LogP contribution in [0.15, 0.2) is 12.4 Å². The smallest absolute Gasteiger partial charge is 0.309 e. The lowest BCUT2D eigenvalue weighted by Crippen LogP contribution is -2.46. The summed E-state index contributed by atoms with van der Waals surface area (Å²) in [6.45, 7) is 5.15. The van der Waals surface area contributed by atoms with Crippen LogP contribution in [-0.4, -0.2) is 91.7 Å². The number of hydrogen-bond donors (Lipinski definition) is 3. The summed E-state index contributed by atoms with van der Waals surface area (Å²) in [5.74, 6) is 0.171. The number of carbonyl (C=O) groups is 1. The highest BCUT2D eigenvalue weighted by Crippen LogP contribution is 2.33. The Labute approximate surface area is 224 Å². The zero-order valence-corrected chi connectivity index (χ0v) is 22.2. The first-order valence-corrected chi connectivity index (χ1v) is 14.2. The van der Waals surface area contributed by atoms with Gasteiger partial charge in [-0.1, -0.05) is 0 Å². The molecule has 1 saturated carbocycles. The topological polar surface area (TPSA) is 140 Å². The van der Waals surface area contributed by atoms with Crippen LogP contribution in [0.4, 0.5) is 17.5 Å². The van der Waals surface area contributed by atoms with E-state index < -0.39 is 5.97 Å². The van der Waals surface area contributed by atoms with E-state index >= 15 is 0 Å². The molecule has 5 heterocycles. The number of carboxylic acid groups (broad SMARTS) is 1.